The number of ether oxygens (including phenoxy) is 1. The van der Waals surface area contributed by atoms with E-state index >= 15 is 0 Å². The van der Waals surface area contributed by atoms with Crippen molar-refractivity contribution in [2.45, 2.75) is 12.8 Å². The first-order chi connectivity index (χ1) is 10.9. The summed E-state index contributed by atoms with van der Waals surface area (Å²) < 4.78 is 4.75. The Morgan fingerprint density at radius 3 is 2.70 bits per heavy atom. The van der Waals surface area contributed by atoms with Crippen LogP contribution in [0.3, 0.4) is 0 Å². The van der Waals surface area contributed by atoms with Crippen LogP contribution in [0.1, 0.15) is 12.8 Å². The number of piperidine rings is 1. The van der Waals surface area contributed by atoms with Gasteiger partial charge in [0.2, 0.25) is 0 Å². The number of halogens is 1. The molecule has 0 amide bonds. The number of likely N-dealkylation sites (tertiary alicyclic amines) is 1. The largest absolute Gasteiger partial charge is 0.469 e. The molecule has 124 valence electrons. The van der Waals surface area contributed by atoms with Gasteiger partial charge in [0.15, 0.2) is 5.11 Å². The van der Waals surface area contributed by atoms with E-state index in [1.165, 1.54) is 25.3 Å². The van der Waals surface area contributed by atoms with Gasteiger partial charge in [-0.1, -0.05) is 11.6 Å². The van der Waals surface area contributed by atoms with Gasteiger partial charge in [-0.25, -0.2) is 0 Å². The molecule has 1 aromatic rings. The smallest absolute Gasteiger partial charge is 0.308 e. The lowest BCUT2D eigenvalue weighted by Crippen LogP contribution is -2.42. The van der Waals surface area contributed by atoms with Crippen LogP contribution < -0.4 is 5.32 Å². The Bertz CT molecular complexity index is 632. The Labute approximate surface area is 143 Å². The first-order valence-electron chi connectivity index (χ1n) is 7.00. The molecule has 2 rings (SSSR count). The maximum absolute atomic E-state index is 11.5. The molecule has 9 heteroatoms. The number of carbonyl (C=O) groups is 1. The number of thiocarbonyl (C=S) groups is 1. The third-order valence-electron chi connectivity index (χ3n) is 3.72. The lowest BCUT2D eigenvalue weighted by atomic mass is 9.97. The molecule has 23 heavy (non-hydrogen) atoms. The lowest BCUT2D eigenvalue weighted by Gasteiger charge is -2.32. The summed E-state index contributed by atoms with van der Waals surface area (Å²) in [5, 5.41) is 14.5. The molecule has 0 aromatic heterocycles. The molecule has 1 aliphatic rings. The van der Waals surface area contributed by atoms with Gasteiger partial charge in [-0.2, -0.15) is 0 Å². The van der Waals surface area contributed by atoms with E-state index in [-0.39, 0.29) is 17.6 Å². The molecule has 0 aliphatic carbocycles. The van der Waals surface area contributed by atoms with Gasteiger partial charge in [0.25, 0.3) is 5.69 Å². The number of non-ortho nitro benzene ring substituents is 1. The fourth-order valence-corrected chi connectivity index (χ4v) is 2.86. The van der Waals surface area contributed by atoms with Crippen molar-refractivity contribution in [3.05, 3.63) is 33.3 Å². The minimum atomic E-state index is -0.494. The average molecular weight is 358 g/mol. The van der Waals surface area contributed by atoms with Gasteiger partial charge in [0.05, 0.1) is 28.7 Å². The zero-order valence-electron chi connectivity index (χ0n) is 12.5. The number of methoxy groups -OCH3 is 1. The quantitative estimate of drug-likeness (QED) is 0.385. The number of nitro groups is 1. The van der Waals surface area contributed by atoms with Crippen LogP contribution in [0.15, 0.2) is 18.2 Å². The molecule has 1 fully saturated rings. The number of carbonyl (C=O) groups excluding carboxylic acids is 1. The van der Waals surface area contributed by atoms with E-state index < -0.39 is 4.92 Å². The van der Waals surface area contributed by atoms with E-state index in [9.17, 15) is 14.9 Å². The van der Waals surface area contributed by atoms with Gasteiger partial charge in [0, 0.05) is 25.2 Å². The van der Waals surface area contributed by atoms with Crippen molar-refractivity contribution in [1.29, 1.82) is 0 Å². The van der Waals surface area contributed by atoms with Gasteiger partial charge in [-0.05, 0) is 31.1 Å². The molecule has 0 atom stereocenters. The Morgan fingerprint density at radius 2 is 2.13 bits per heavy atom. The van der Waals surface area contributed by atoms with Crippen molar-refractivity contribution < 1.29 is 14.5 Å². The molecular formula is C14H16ClN3O4S. The van der Waals surface area contributed by atoms with Gasteiger partial charge in [-0.15, -0.1) is 0 Å². The van der Waals surface area contributed by atoms with E-state index in [4.69, 9.17) is 28.6 Å². The lowest BCUT2D eigenvalue weighted by molar-refractivity contribution is -0.384. The average Bonchev–Trinajstić information content (AvgIpc) is 2.56. The van der Waals surface area contributed by atoms with Crippen molar-refractivity contribution in [2.24, 2.45) is 5.92 Å². The summed E-state index contributed by atoms with van der Waals surface area (Å²) in [6.07, 6.45) is 1.30. The zero-order chi connectivity index (χ0) is 17.0. The molecule has 0 spiro atoms. The number of nitrogens with one attached hydrogen (secondary N) is 1. The fourth-order valence-electron chi connectivity index (χ4n) is 2.40. The molecular weight excluding hydrogens is 342 g/mol. The van der Waals surface area contributed by atoms with E-state index in [0.717, 1.165) is 0 Å². The number of anilines is 1. The van der Waals surface area contributed by atoms with E-state index in [1.54, 1.807) is 0 Å². The standard InChI is InChI=1S/C14H16ClN3O4S/c1-22-13(19)9-4-6-17(7-5-9)14(23)16-12-8-10(18(20)21)2-3-11(12)15/h2-3,8-9H,4-7H2,1H3,(H,16,23). The molecule has 7 nitrogen and oxygen atoms in total. The maximum Gasteiger partial charge on any atom is 0.308 e. The van der Waals surface area contributed by atoms with Gasteiger partial charge >= 0.3 is 5.97 Å². The van der Waals surface area contributed by atoms with Crippen LogP contribution in [-0.4, -0.2) is 41.1 Å². The topological polar surface area (TPSA) is 84.7 Å². The molecule has 0 bridgehead atoms. The van der Waals surface area contributed by atoms with Crippen LogP contribution in [0.25, 0.3) is 0 Å². The zero-order valence-corrected chi connectivity index (χ0v) is 14.0. The van der Waals surface area contributed by atoms with Crippen LogP contribution in [0.2, 0.25) is 5.02 Å². The summed E-state index contributed by atoms with van der Waals surface area (Å²) in [7, 11) is 1.38. The molecule has 0 unspecified atom stereocenters. The van der Waals surface area contributed by atoms with E-state index in [1.807, 2.05) is 4.90 Å². The Morgan fingerprint density at radius 1 is 1.48 bits per heavy atom. The van der Waals surface area contributed by atoms with Crippen molar-refractivity contribution in [3.8, 4) is 0 Å². The van der Waals surface area contributed by atoms with Crippen LogP contribution >= 0.6 is 23.8 Å². The second kappa shape index (κ2) is 7.56. The number of nitro benzene ring substituents is 1. The monoisotopic (exact) mass is 357 g/mol. The predicted octanol–water partition coefficient (Wildman–Crippen LogP) is 2.83. The first kappa shape index (κ1) is 17.4. The summed E-state index contributed by atoms with van der Waals surface area (Å²) in [6, 6.07) is 4.13. The summed E-state index contributed by atoms with van der Waals surface area (Å²) >= 11 is 11.4. The summed E-state index contributed by atoms with van der Waals surface area (Å²) in [6.45, 7) is 1.22. The van der Waals surface area contributed by atoms with Gasteiger partial charge in [-0.3, -0.25) is 14.9 Å². The van der Waals surface area contributed by atoms with Gasteiger partial charge in [0.1, 0.15) is 0 Å². The number of benzene rings is 1. The summed E-state index contributed by atoms with van der Waals surface area (Å²) in [4.78, 5) is 23.8. The van der Waals surface area contributed by atoms with E-state index in [2.05, 4.69) is 5.32 Å². The minimum Gasteiger partial charge on any atom is -0.469 e. The molecule has 0 saturated carbocycles. The first-order valence-corrected chi connectivity index (χ1v) is 7.78. The maximum atomic E-state index is 11.5. The van der Waals surface area contributed by atoms with Crippen LogP contribution in [-0.2, 0) is 9.53 Å². The molecule has 1 aliphatic heterocycles. The molecule has 1 aromatic carbocycles. The number of hydrogen-bond donors (Lipinski definition) is 1. The second-order valence-electron chi connectivity index (χ2n) is 5.14. The highest BCUT2D eigenvalue weighted by molar-refractivity contribution is 7.80. The fraction of sp³-hybridized carbons (Fsp3) is 0.429. The predicted molar refractivity (Wildman–Crippen MR) is 90.6 cm³/mol. The Hall–Kier alpha value is -1.93. The highest BCUT2D eigenvalue weighted by Crippen LogP contribution is 2.27. The molecule has 0 radical (unpaired) electrons. The highest BCUT2D eigenvalue weighted by Gasteiger charge is 2.26. The Kier molecular flexibility index (Phi) is 5.73. The van der Waals surface area contributed by atoms with Crippen molar-refractivity contribution >= 4 is 46.3 Å². The molecule has 1 N–H and O–H groups in total. The number of rotatable bonds is 3. The van der Waals surface area contributed by atoms with E-state index in [0.29, 0.717) is 41.8 Å². The normalized spacial score (nSPS) is 15.1. The summed E-state index contributed by atoms with van der Waals surface area (Å²) in [5.74, 6) is -0.314. The third-order valence-corrected chi connectivity index (χ3v) is 4.41. The molecule has 1 heterocycles. The second-order valence-corrected chi connectivity index (χ2v) is 5.93. The number of esters is 1. The van der Waals surface area contributed by atoms with Crippen molar-refractivity contribution in [3.63, 3.8) is 0 Å². The number of nitrogens with zero attached hydrogens (tertiary/aromatic N) is 2. The van der Waals surface area contributed by atoms with Gasteiger partial charge < -0.3 is 15.0 Å². The summed E-state index contributed by atoms with van der Waals surface area (Å²) in [5.41, 5.74) is 0.324. The molecule has 1 saturated heterocycles. The Balaban J connectivity index is 1.99. The minimum absolute atomic E-state index is 0.0656. The van der Waals surface area contributed by atoms with Crippen LogP contribution in [0, 0.1) is 16.0 Å². The highest BCUT2D eigenvalue weighted by atomic mass is 35.5. The van der Waals surface area contributed by atoms with Crippen molar-refractivity contribution in [1.82, 2.24) is 4.90 Å². The van der Waals surface area contributed by atoms with Crippen LogP contribution in [0.4, 0.5) is 11.4 Å². The SMILES string of the molecule is COC(=O)C1CCN(C(=S)Nc2cc([N+](=O)[O-])ccc2Cl)CC1. The van der Waals surface area contributed by atoms with Crippen molar-refractivity contribution in [2.75, 3.05) is 25.5 Å². The number of hydrogen-bond acceptors (Lipinski definition) is 5. The third kappa shape index (κ3) is 4.29. The van der Waals surface area contributed by atoms with Crippen LogP contribution in [0.5, 0.6) is 0 Å².